The van der Waals surface area contributed by atoms with Gasteiger partial charge in [0.2, 0.25) is 5.13 Å². The summed E-state index contributed by atoms with van der Waals surface area (Å²) in [5.74, 6) is 0.337. The average molecular weight is 442 g/mol. The SMILES string of the molecule is O=C(Nc1nnc(SCc2ccccc2)s1)c1cc([N+](=O)[O-])ccc1N1CCCC1. The van der Waals surface area contributed by atoms with Crippen molar-refractivity contribution in [2.75, 3.05) is 23.3 Å². The van der Waals surface area contributed by atoms with Crippen LogP contribution < -0.4 is 10.2 Å². The molecule has 1 aliphatic heterocycles. The second-order valence-corrected chi connectivity index (χ2v) is 8.95. The molecule has 1 saturated heterocycles. The molecule has 154 valence electrons. The number of non-ortho nitro benzene ring substituents is 1. The summed E-state index contributed by atoms with van der Waals surface area (Å²) < 4.78 is 0.743. The molecule has 8 nitrogen and oxygen atoms in total. The topological polar surface area (TPSA) is 101 Å². The Balaban J connectivity index is 1.48. The number of carbonyl (C=O) groups excluding carboxylic acids is 1. The number of nitrogens with one attached hydrogen (secondary N) is 1. The Hall–Kier alpha value is -2.98. The van der Waals surface area contributed by atoms with Gasteiger partial charge in [-0.3, -0.25) is 20.2 Å². The lowest BCUT2D eigenvalue weighted by atomic mass is 10.1. The van der Waals surface area contributed by atoms with E-state index in [1.54, 1.807) is 17.8 Å². The predicted octanol–water partition coefficient (Wildman–Crippen LogP) is 4.59. The maximum atomic E-state index is 12.9. The third-order valence-corrected chi connectivity index (χ3v) is 6.76. The summed E-state index contributed by atoms with van der Waals surface area (Å²) in [4.78, 5) is 25.7. The Morgan fingerprint density at radius 1 is 1.17 bits per heavy atom. The van der Waals surface area contributed by atoms with Crippen LogP contribution in [0, 0.1) is 10.1 Å². The van der Waals surface area contributed by atoms with Crippen LogP contribution in [-0.4, -0.2) is 34.1 Å². The highest BCUT2D eigenvalue weighted by atomic mass is 32.2. The van der Waals surface area contributed by atoms with Crippen molar-refractivity contribution in [1.29, 1.82) is 0 Å². The van der Waals surface area contributed by atoms with Gasteiger partial charge in [-0.1, -0.05) is 53.4 Å². The van der Waals surface area contributed by atoms with Crippen LogP contribution in [0.25, 0.3) is 0 Å². The van der Waals surface area contributed by atoms with Gasteiger partial charge in [-0.25, -0.2) is 0 Å². The third kappa shape index (κ3) is 4.77. The summed E-state index contributed by atoms with van der Waals surface area (Å²) in [7, 11) is 0. The number of aromatic nitrogens is 2. The number of nitro benzene ring substituents is 1. The van der Waals surface area contributed by atoms with Crippen LogP contribution in [0.4, 0.5) is 16.5 Å². The molecule has 0 unspecified atom stereocenters. The number of amides is 1. The fraction of sp³-hybridized carbons (Fsp3) is 0.250. The van der Waals surface area contributed by atoms with Crippen molar-refractivity contribution in [3.05, 3.63) is 69.8 Å². The van der Waals surface area contributed by atoms with Crippen LogP contribution in [0.5, 0.6) is 0 Å². The van der Waals surface area contributed by atoms with Gasteiger partial charge in [0.15, 0.2) is 4.34 Å². The molecule has 0 bridgehead atoms. The first kappa shape index (κ1) is 20.3. The van der Waals surface area contributed by atoms with Crippen molar-refractivity contribution >= 4 is 45.5 Å². The van der Waals surface area contributed by atoms with E-state index in [9.17, 15) is 14.9 Å². The van der Waals surface area contributed by atoms with Crippen LogP contribution in [0.15, 0.2) is 52.9 Å². The molecule has 30 heavy (non-hydrogen) atoms. The molecular formula is C20H19N5O3S2. The smallest absolute Gasteiger partial charge is 0.270 e. The molecule has 1 aliphatic rings. The molecule has 1 N–H and O–H groups in total. The van der Waals surface area contributed by atoms with Crippen molar-refractivity contribution in [3.63, 3.8) is 0 Å². The summed E-state index contributed by atoms with van der Waals surface area (Å²) in [5, 5.41) is 22.5. The standard InChI is InChI=1S/C20H19N5O3S2/c26-18(16-12-15(25(27)28)8-9-17(16)24-10-4-5-11-24)21-19-22-23-20(30-19)29-13-14-6-2-1-3-7-14/h1-3,6-9,12H,4-5,10-11,13H2,(H,21,22,26). The number of benzene rings is 2. The molecule has 2 heterocycles. The second-order valence-electron chi connectivity index (χ2n) is 6.75. The van der Waals surface area contributed by atoms with E-state index in [4.69, 9.17) is 0 Å². The van der Waals surface area contributed by atoms with Gasteiger partial charge >= 0.3 is 0 Å². The molecule has 10 heteroatoms. The van der Waals surface area contributed by atoms with E-state index in [1.807, 2.05) is 30.3 Å². The quantitative estimate of drug-likeness (QED) is 0.248. The fourth-order valence-electron chi connectivity index (χ4n) is 3.26. The van der Waals surface area contributed by atoms with Crippen molar-refractivity contribution in [2.24, 2.45) is 0 Å². The van der Waals surface area contributed by atoms with Gasteiger partial charge < -0.3 is 4.90 Å². The Kier molecular flexibility index (Phi) is 6.24. The van der Waals surface area contributed by atoms with E-state index in [-0.39, 0.29) is 11.3 Å². The molecule has 0 spiro atoms. The summed E-state index contributed by atoms with van der Waals surface area (Å²) >= 11 is 2.83. The normalized spacial score (nSPS) is 13.4. The van der Waals surface area contributed by atoms with Crippen LogP contribution in [0.3, 0.4) is 0 Å². The van der Waals surface area contributed by atoms with Gasteiger partial charge in [0.25, 0.3) is 11.6 Å². The molecule has 2 aromatic carbocycles. The highest BCUT2D eigenvalue weighted by molar-refractivity contribution is 8.00. The lowest BCUT2D eigenvalue weighted by Gasteiger charge is -2.20. The second kappa shape index (κ2) is 9.23. The molecule has 0 saturated carbocycles. The minimum atomic E-state index is -0.492. The summed E-state index contributed by atoms with van der Waals surface area (Å²) in [5.41, 5.74) is 2.05. The number of nitro groups is 1. The minimum absolute atomic E-state index is 0.112. The maximum absolute atomic E-state index is 12.9. The molecule has 1 aromatic heterocycles. The Labute approximate surface area is 181 Å². The number of thioether (sulfide) groups is 1. The Morgan fingerprint density at radius 2 is 1.93 bits per heavy atom. The Morgan fingerprint density at radius 3 is 2.67 bits per heavy atom. The van der Waals surface area contributed by atoms with E-state index < -0.39 is 10.8 Å². The Bertz CT molecular complexity index is 1050. The molecule has 0 aliphatic carbocycles. The highest BCUT2D eigenvalue weighted by Crippen LogP contribution is 2.31. The van der Waals surface area contributed by atoms with E-state index in [2.05, 4.69) is 20.4 Å². The predicted molar refractivity (Wildman–Crippen MR) is 118 cm³/mol. The number of carbonyl (C=O) groups is 1. The van der Waals surface area contributed by atoms with Crippen molar-refractivity contribution in [1.82, 2.24) is 10.2 Å². The van der Waals surface area contributed by atoms with Crippen molar-refractivity contribution in [2.45, 2.75) is 22.9 Å². The van der Waals surface area contributed by atoms with Crippen LogP contribution in [-0.2, 0) is 5.75 Å². The summed E-state index contributed by atoms with van der Waals surface area (Å²) in [6, 6.07) is 14.4. The molecule has 0 atom stereocenters. The average Bonchev–Trinajstić information content (AvgIpc) is 3.45. The first-order valence-electron chi connectivity index (χ1n) is 9.45. The number of rotatable bonds is 7. The van der Waals surface area contributed by atoms with E-state index in [0.717, 1.165) is 36.0 Å². The van der Waals surface area contributed by atoms with Gasteiger partial charge in [-0.15, -0.1) is 10.2 Å². The molecule has 0 radical (unpaired) electrons. The fourth-order valence-corrected chi connectivity index (χ4v) is 4.96. The number of anilines is 2. The van der Waals surface area contributed by atoms with E-state index >= 15 is 0 Å². The lowest BCUT2D eigenvalue weighted by molar-refractivity contribution is -0.384. The number of hydrogen-bond acceptors (Lipinski definition) is 8. The minimum Gasteiger partial charge on any atom is -0.371 e. The number of hydrogen-bond donors (Lipinski definition) is 1. The number of nitrogens with zero attached hydrogens (tertiary/aromatic N) is 4. The maximum Gasteiger partial charge on any atom is 0.270 e. The molecular weight excluding hydrogens is 422 g/mol. The lowest BCUT2D eigenvalue weighted by Crippen LogP contribution is -2.23. The van der Waals surface area contributed by atoms with Crippen molar-refractivity contribution < 1.29 is 9.72 Å². The van der Waals surface area contributed by atoms with E-state index in [0.29, 0.717) is 10.8 Å². The van der Waals surface area contributed by atoms with Gasteiger partial charge in [0.1, 0.15) is 0 Å². The molecule has 1 amide bonds. The van der Waals surface area contributed by atoms with Crippen LogP contribution >= 0.6 is 23.1 Å². The van der Waals surface area contributed by atoms with E-state index in [1.165, 1.54) is 29.0 Å². The van der Waals surface area contributed by atoms with Gasteiger partial charge in [-0.2, -0.15) is 0 Å². The van der Waals surface area contributed by atoms with Crippen molar-refractivity contribution in [3.8, 4) is 0 Å². The van der Waals surface area contributed by atoms with Gasteiger partial charge in [-0.05, 0) is 24.5 Å². The van der Waals surface area contributed by atoms with Crippen LogP contribution in [0.1, 0.15) is 28.8 Å². The third-order valence-electron chi connectivity index (χ3n) is 4.71. The largest absolute Gasteiger partial charge is 0.371 e. The highest BCUT2D eigenvalue weighted by Gasteiger charge is 2.23. The molecule has 1 fully saturated rings. The van der Waals surface area contributed by atoms with Crippen LogP contribution in [0.2, 0.25) is 0 Å². The monoisotopic (exact) mass is 441 g/mol. The summed E-state index contributed by atoms with van der Waals surface area (Å²) in [6.07, 6.45) is 2.08. The van der Waals surface area contributed by atoms with Gasteiger partial charge in [0, 0.05) is 31.0 Å². The zero-order chi connectivity index (χ0) is 20.9. The molecule has 3 aromatic rings. The first-order valence-corrected chi connectivity index (χ1v) is 11.3. The summed E-state index contributed by atoms with van der Waals surface area (Å²) in [6.45, 7) is 1.66. The zero-order valence-corrected chi connectivity index (χ0v) is 17.6. The zero-order valence-electron chi connectivity index (χ0n) is 16.0. The first-order chi connectivity index (χ1) is 14.6. The molecule has 4 rings (SSSR count). The van der Waals surface area contributed by atoms with Gasteiger partial charge in [0.05, 0.1) is 16.2 Å².